The largest absolute Gasteiger partial charge is 0.481 e. The molecule has 0 bridgehead atoms. The number of benzene rings is 1. The van der Waals surface area contributed by atoms with Crippen molar-refractivity contribution >= 4 is 5.97 Å². The average molecular weight is 292 g/mol. The van der Waals surface area contributed by atoms with Crippen LogP contribution in [0.5, 0.6) is 0 Å². The van der Waals surface area contributed by atoms with Gasteiger partial charge in [0, 0.05) is 32.7 Å². The number of hydrogen-bond donors (Lipinski definition) is 2. The van der Waals surface area contributed by atoms with Crippen LogP contribution in [0.15, 0.2) is 24.3 Å². The van der Waals surface area contributed by atoms with Gasteiger partial charge in [0.1, 0.15) is 0 Å². The number of hydrogen-bond acceptors (Lipinski definition) is 4. The fourth-order valence-electron chi connectivity index (χ4n) is 2.36. The molecule has 0 aliphatic carbocycles. The highest BCUT2D eigenvalue weighted by Gasteiger charge is 2.13. The molecule has 2 rings (SSSR count). The fourth-order valence-corrected chi connectivity index (χ4v) is 2.36. The second-order valence-electron chi connectivity index (χ2n) is 5.43. The normalized spacial score (nSPS) is 17.6. The lowest BCUT2D eigenvalue weighted by Gasteiger charge is -2.26. The van der Waals surface area contributed by atoms with Gasteiger partial charge in [-0.2, -0.15) is 0 Å². The Labute approximate surface area is 125 Å². The molecule has 1 aliphatic heterocycles. The van der Waals surface area contributed by atoms with Crippen LogP contribution in [0.2, 0.25) is 0 Å². The summed E-state index contributed by atoms with van der Waals surface area (Å²) < 4.78 is 5.32. The molecule has 5 nitrogen and oxygen atoms in total. The summed E-state index contributed by atoms with van der Waals surface area (Å²) in [5.74, 6) is -1.24. The van der Waals surface area contributed by atoms with Gasteiger partial charge in [-0.3, -0.25) is 9.69 Å². The molecule has 1 saturated heterocycles. The molecule has 0 aromatic heterocycles. The summed E-state index contributed by atoms with van der Waals surface area (Å²) in [7, 11) is 0. The van der Waals surface area contributed by atoms with Crippen LogP contribution in [0.4, 0.5) is 0 Å². The molecular weight excluding hydrogens is 268 g/mol. The number of carboxylic acids is 1. The maximum Gasteiger partial charge on any atom is 0.310 e. The quantitative estimate of drug-likeness (QED) is 0.742. The van der Waals surface area contributed by atoms with Crippen LogP contribution in [0.1, 0.15) is 24.0 Å². The van der Waals surface area contributed by atoms with Crippen molar-refractivity contribution in [3.05, 3.63) is 35.4 Å². The molecule has 1 atom stereocenters. The molecule has 2 N–H and O–H groups in total. The van der Waals surface area contributed by atoms with Crippen LogP contribution >= 0.6 is 0 Å². The zero-order valence-corrected chi connectivity index (χ0v) is 12.5. The van der Waals surface area contributed by atoms with Crippen LogP contribution in [0.25, 0.3) is 0 Å². The summed E-state index contributed by atoms with van der Waals surface area (Å²) in [6.07, 6.45) is 0. The summed E-state index contributed by atoms with van der Waals surface area (Å²) in [6, 6.07) is 7.79. The molecule has 1 fully saturated rings. The topological polar surface area (TPSA) is 61.8 Å². The second-order valence-corrected chi connectivity index (χ2v) is 5.43. The molecule has 1 heterocycles. The molecule has 1 unspecified atom stereocenters. The second kappa shape index (κ2) is 8.12. The third-order valence-corrected chi connectivity index (χ3v) is 3.89. The highest BCUT2D eigenvalue weighted by molar-refractivity contribution is 5.75. The van der Waals surface area contributed by atoms with Crippen molar-refractivity contribution in [3.8, 4) is 0 Å². The Bertz CT molecular complexity index is 441. The van der Waals surface area contributed by atoms with Crippen molar-refractivity contribution in [1.29, 1.82) is 0 Å². The third-order valence-electron chi connectivity index (χ3n) is 3.89. The molecule has 0 saturated carbocycles. The first-order chi connectivity index (χ1) is 10.2. The van der Waals surface area contributed by atoms with E-state index in [9.17, 15) is 4.79 Å². The van der Waals surface area contributed by atoms with E-state index in [2.05, 4.69) is 10.2 Å². The number of nitrogens with one attached hydrogen (secondary N) is 1. The van der Waals surface area contributed by atoms with Crippen LogP contribution < -0.4 is 5.32 Å². The Morgan fingerprint density at radius 2 is 2.00 bits per heavy atom. The SMILES string of the molecule is CC(C(=O)O)c1ccc(CNCCN2CCOCC2)cc1. The van der Waals surface area contributed by atoms with Crippen molar-refractivity contribution in [2.24, 2.45) is 0 Å². The number of morpholine rings is 1. The van der Waals surface area contributed by atoms with E-state index in [-0.39, 0.29) is 0 Å². The van der Waals surface area contributed by atoms with Gasteiger partial charge in [-0.25, -0.2) is 0 Å². The third kappa shape index (κ3) is 5.12. The maximum absolute atomic E-state index is 10.9. The zero-order valence-electron chi connectivity index (χ0n) is 12.5. The maximum atomic E-state index is 10.9. The molecule has 0 amide bonds. The monoisotopic (exact) mass is 292 g/mol. The first-order valence-electron chi connectivity index (χ1n) is 7.49. The molecule has 116 valence electrons. The standard InChI is InChI=1S/C16H24N2O3/c1-13(16(19)20)15-4-2-14(3-5-15)12-17-6-7-18-8-10-21-11-9-18/h2-5,13,17H,6-12H2,1H3,(H,19,20). The lowest BCUT2D eigenvalue weighted by molar-refractivity contribution is -0.138. The average Bonchev–Trinajstić information content (AvgIpc) is 2.52. The van der Waals surface area contributed by atoms with Gasteiger partial charge in [0.05, 0.1) is 19.1 Å². The minimum Gasteiger partial charge on any atom is -0.481 e. The predicted octanol–water partition coefficient (Wildman–Crippen LogP) is 1.30. The van der Waals surface area contributed by atoms with Gasteiger partial charge >= 0.3 is 5.97 Å². The number of carbonyl (C=O) groups is 1. The van der Waals surface area contributed by atoms with Gasteiger partial charge in [0.2, 0.25) is 0 Å². The van der Waals surface area contributed by atoms with Crippen LogP contribution in [-0.4, -0.2) is 55.4 Å². The van der Waals surface area contributed by atoms with E-state index in [0.29, 0.717) is 0 Å². The van der Waals surface area contributed by atoms with Crippen molar-refractivity contribution in [1.82, 2.24) is 10.2 Å². The Balaban J connectivity index is 1.69. The summed E-state index contributed by atoms with van der Waals surface area (Å²) >= 11 is 0. The molecule has 0 spiro atoms. The number of ether oxygens (including phenoxy) is 1. The zero-order chi connectivity index (χ0) is 15.1. The Kier molecular flexibility index (Phi) is 6.17. The molecule has 5 heteroatoms. The summed E-state index contributed by atoms with van der Waals surface area (Å²) in [5, 5.41) is 12.4. The van der Waals surface area contributed by atoms with E-state index in [0.717, 1.165) is 51.5 Å². The van der Waals surface area contributed by atoms with E-state index < -0.39 is 11.9 Å². The lowest BCUT2D eigenvalue weighted by atomic mass is 10.0. The Hall–Kier alpha value is -1.43. The van der Waals surface area contributed by atoms with E-state index in [1.165, 1.54) is 5.56 Å². The molecular formula is C16H24N2O3. The predicted molar refractivity (Wildman–Crippen MR) is 81.5 cm³/mol. The number of carboxylic acid groups (broad SMARTS) is 1. The summed E-state index contributed by atoms with van der Waals surface area (Å²) in [5.41, 5.74) is 2.03. The van der Waals surface area contributed by atoms with Crippen molar-refractivity contribution in [2.45, 2.75) is 19.4 Å². The van der Waals surface area contributed by atoms with Crippen molar-refractivity contribution in [3.63, 3.8) is 0 Å². The first kappa shape index (κ1) is 15.9. The van der Waals surface area contributed by atoms with Crippen LogP contribution in [0, 0.1) is 0 Å². The van der Waals surface area contributed by atoms with E-state index in [1.807, 2.05) is 24.3 Å². The molecule has 1 aromatic carbocycles. The Morgan fingerprint density at radius 3 is 2.62 bits per heavy atom. The molecule has 1 aromatic rings. The Morgan fingerprint density at radius 1 is 1.33 bits per heavy atom. The number of rotatable bonds is 7. The lowest BCUT2D eigenvalue weighted by Crippen LogP contribution is -2.40. The van der Waals surface area contributed by atoms with Crippen molar-refractivity contribution in [2.75, 3.05) is 39.4 Å². The summed E-state index contributed by atoms with van der Waals surface area (Å²) in [6.45, 7) is 8.22. The number of nitrogens with zero attached hydrogens (tertiary/aromatic N) is 1. The fraction of sp³-hybridized carbons (Fsp3) is 0.562. The molecule has 1 aliphatic rings. The highest BCUT2D eigenvalue weighted by atomic mass is 16.5. The van der Waals surface area contributed by atoms with Gasteiger partial charge in [0.25, 0.3) is 0 Å². The van der Waals surface area contributed by atoms with Gasteiger partial charge in [-0.1, -0.05) is 24.3 Å². The number of aliphatic carboxylic acids is 1. The molecule has 0 radical (unpaired) electrons. The highest BCUT2D eigenvalue weighted by Crippen LogP contribution is 2.15. The minimum atomic E-state index is -0.786. The van der Waals surface area contributed by atoms with Gasteiger partial charge in [0.15, 0.2) is 0 Å². The van der Waals surface area contributed by atoms with Gasteiger partial charge in [-0.05, 0) is 18.1 Å². The first-order valence-corrected chi connectivity index (χ1v) is 7.49. The van der Waals surface area contributed by atoms with Crippen LogP contribution in [-0.2, 0) is 16.1 Å². The van der Waals surface area contributed by atoms with E-state index in [4.69, 9.17) is 9.84 Å². The van der Waals surface area contributed by atoms with Crippen molar-refractivity contribution < 1.29 is 14.6 Å². The summed E-state index contributed by atoms with van der Waals surface area (Å²) in [4.78, 5) is 13.3. The van der Waals surface area contributed by atoms with E-state index in [1.54, 1.807) is 6.92 Å². The van der Waals surface area contributed by atoms with Crippen LogP contribution in [0.3, 0.4) is 0 Å². The molecule has 21 heavy (non-hydrogen) atoms. The van der Waals surface area contributed by atoms with E-state index >= 15 is 0 Å². The minimum absolute atomic E-state index is 0.451. The van der Waals surface area contributed by atoms with Gasteiger partial charge < -0.3 is 15.2 Å². The van der Waals surface area contributed by atoms with Gasteiger partial charge in [-0.15, -0.1) is 0 Å². The smallest absolute Gasteiger partial charge is 0.310 e.